The first-order chi connectivity index (χ1) is 11.8. The van der Waals surface area contributed by atoms with Crippen LogP contribution in [0.25, 0.3) is 0 Å². The molecule has 0 radical (unpaired) electrons. The molecule has 1 aliphatic carbocycles. The van der Waals surface area contributed by atoms with Crippen molar-refractivity contribution >= 4 is 23.7 Å². The van der Waals surface area contributed by atoms with Crippen LogP contribution in [-0.2, 0) is 14.3 Å². The minimum atomic E-state index is -0.777. The van der Waals surface area contributed by atoms with E-state index in [1.807, 2.05) is 19.9 Å². The van der Waals surface area contributed by atoms with E-state index in [1.165, 1.54) is 11.9 Å². The Morgan fingerprint density at radius 1 is 1.24 bits per heavy atom. The van der Waals surface area contributed by atoms with Gasteiger partial charge in [0.15, 0.2) is 6.61 Å². The lowest BCUT2D eigenvalue weighted by atomic mass is 10.1. The van der Waals surface area contributed by atoms with Gasteiger partial charge < -0.3 is 14.2 Å². The van der Waals surface area contributed by atoms with Crippen molar-refractivity contribution in [2.45, 2.75) is 32.7 Å². The summed E-state index contributed by atoms with van der Waals surface area (Å²) in [6.45, 7) is 2.90. The highest BCUT2D eigenvalue weighted by Gasteiger charge is 2.35. The Labute approximate surface area is 145 Å². The molecule has 0 unspecified atom stereocenters. The molecule has 1 aliphatic heterocycles. The van der Waals surface area contributed by atoms with Crippen LogP contribution in [0.2, 0.25) is 0 Å². The third-order valence-electron chi connectivity index (χ3n) is 4.58. The maximum atomic E-state index is 12.4. The van der Waals surface area contributed by atoms with E-state index < -0.39 is 31.1 Å². The third kappa shape index (κ3) is 3.29. The van der Waals surface area contributed by atoms with Crippen molar-refractivity contribution in [3.8, 4) is 0 Å². The number of carbonyl (C=O) groups is 4. The number of ether oxygens (including phenoxy) is 1. The predicted octanol–water partition coefficient (Wildman–Crippen LogP) is 1.06. The smallest absolute Gasteiger partial charge is 0.327 e. The molecule has 1 aromatic heterocycles. The molecule has 3 rings (SSSR count). The van der Waals surface area contributed by atoms with Gasteiger partial charge in [-0.15, -0.1) is 0 Å². The Kier molecular flexibility index (Phi) is 4.36. The molecule has 2 fully saturated rings. The van der Waals surface area contributed by atoms with E-state index >= 15 is 0 Å². The van der Waals surface area contributed by atoms with Crippen molar-refractivity contribution in [3.05, 3.63) is 23.0 Å². The van der Waals surface area contributed by atoms with Gasteiger partial charge in [0, 0.05) is 30.0 Å². The van der Waals surface area contributed by atoms with Gasteiger partial charge in [0.05, 0.1) is 0 Å². The molecule has 2 aliphatic rings. The van der Waals surface area contributed by atoms with E-state index in [9.17, 15) is 19.2 Å². The number of nitrogens with zero attached hydrogens (tertiary/aromatic N) is 3. The van der Waals surface area contributed by atoms with Crippen LogP contribution in [0.15, 0.2) is 6.07 Å². The number of hydrogen-bond donors (Lipinski definition) is 0. The number of imide groups is 1. The number of aryl methyl sites for hydroxylation is 1. The standard InChI is InChI=1S/C17H21N3O5/c1-10-6-13(11(2)20(10)12-4-5-12)14(21)9-25-16(23)8-19-15(22)7-18(3)17(19)24/h6,12H,4-5,7-9H2,1-3H3. The van der Waals surface area contributed by atoms with Gasteiger partial charge in [-0.2, -0.15) is 0 Å². The molecule has 0 bridgehead atoms. The van der Waals surface area contributed by atoms with Crippen LogP contribution in [0.4, 0.5) is 4.79 Å². The van der Waals surface area contributed by atoms with Crippen LogP contribution in [0.3, 0.4) is 0 Å². The van der Waals surface area contributed by atoms with Crippen molar-refractivity contribution in [1.82, 2.24) is 14.4 Å². The Hall–Kier alpha value is -2.64. The van der Waals surface area contributed by atoms with Gasteiger partial charge in [-0.25, -0.2) is 4.79 Å². The fourth-order valence-electron chi connectivity index (χ4n) is 3.18. The van der Waals surface area contributed by atoms with Gasteiger partial charge in [-0.05, 0) is 32.8 Å². The molecular formula is C17H21N3O5. The molecule has 0 aromatic carbocycles. The number of urea groups is 1. The van der Waals surface area contributed by atoms with Gasteiger partial charge in [-0.3, -0.25) is 19.3 Å². The summed E-state index contributed by atoms with van der Waals surface area (Å²) in [5, 5.41) is 0. The molecule has 1 aromatic rings. The van der Waals surface area contributed by atoms with Crippen molar-refractivity contribution in [2.75, 3.05) is 26.7 Å². The summed E-state index contributed by atoms with van der Waals surface area (Å²) in [6.07, 6.45) is 2.23. The van der Waals surface area contributed by atoms with E-state index in [2.05, 4.69) is 4.57 Å². The molecule has 3 amide bonds. The highest BCUT2D eigenvalue weighted by molar-refractivity contribution is 6.04. The van der Waals surface area contributed by atoms with E-state index in [0.29, 0.717) is 11.6 Å². The number of ketones is 1. The number of likely N-dealkylation sites (N-methyl/N-ethyl adjacent to an activating group) is 1. The summed E-state index contributed by atoms with van der Waals surface area (Å²) in [5.41, 5.74) is 2.45. The first-order valence-electron chi connectivity index (χ1n) is 8.22. The topological polar surface area (TPSA) is 88.9 Å². The highest BCUT2D eigenvalue weighted by Crippen LogP contribution is 2.38. The lowest BCUT2D eigenvalue weighted by molar-refractivity contribution is -0.145. The van der Waals surface area contributed by atoms with Gasteiger partial charge >= 0.3 is 12.0 Å². The summed E-state index contributed by atoms with van der Waals surface area (Å²) in [7, 11) is 1.48. The number of hydrogen-bond acceptors (Lipinski definition) is 5. The normalized spacial score (nSPS) is 17.4. The minimum Gasteiger partial charge on any atom is -0.456 e. The Morgan fingerprint density at radius 2 is 1.92 bits per heavy atom. The quantitative estimate of drug-likeness (QED) is 0.436. The highest BCUT2D eigenvalue weighted by atomic mass is 16.5. The van der Waals surface area contributed by atoms with Crippen LogP contribution >= 0.6 is 0 Å². The number of rotatable bonds is 6. The Morgan fingerprint density at radius 3 is 2.48 bits per heavy atom. The maximum Gasteiger partial charge on any atom is 0.327 e. The predicted molar refractivity (Wildman–Crippen MR) is 87.2 cm³/mol. The molecule has 134 valence electrons. The van der Waals surface area contributed by atoms with Crippen molar-refractivity contribution in [1.29, 1.82) is 0 Å². The molecule has 0 spiro atoms. The van der Waals surface area contributed by atoms with Gasteiger partial charge in [-0.1, -0.05) is 0 Å². The van der Waals surface area contributed by atoms with Gasteiger partial charge in [0.2, 0.25) is 5.78 Å². The first-order valence-corrected chi connectivity index (χ1v) is 8.22. The third-order valence-corrected chi connectivity index (χ3v) is 4.58. The Balaban J connectivity index is 1.57. The van der Waals surface area contributed by atoms with Crippen molar-refractivity contribution in [3.63, 3.8) is 0 Å². The minimum absolute atomic E-state index is 0.0573. The SMILES string of the molecule is Cc1cc(C(=O)COC(=O)CN2C(=O)CN(C)C2=O)c(C)n1C1CC1. The van der Waals surface area contributed by atoms with Crippen LogP contribution in [0.5, 0.6) is 0 Å². The number of carbonyl (C=O) groups excluding carboxylic acids is 4. The first kappa shape index (κ1) is 17.2. The zero-order valence-corrected chi connectivity index (χ0v) is 14.6. The van der Waals surface area contributed by atoms with Crippen LogP contribution in [0.1, 0.15) is 40.6 Å². The van der Waals surface area contributed by atoms with Crippen molar-refractivity contribution in [2.24, 2.45) is 0 Å². The largest absolute Gasteiger partial charge is 0.456 e. The molecule has 2 heterocycles. The number of amides is 3. The molecule has 1 saturated heterocycles. The second-order valence-corrected chi connectivity index (χ2v) is 6.59. The average Bonchev–Trinajstić information content (AvgIpc) is 3.30. The number of aromatic nitrogens is 1. The van der Waals surface area contributed by atoms with E-state index in [1.54, 1.807) is 0 Å². The molecule has 0 atom stereocenters. The van der Waals surface area contributed by atoms with Crippen molar-refractivity contribution < 1.29 is 23.9 Å². The molecule has 1 saturated carbocycles. The second kappa shape index (κ2) is 6.34. The summed E-state index contributed by atoms with van der Waals surface area (Å²) in [4.78, 5) is 49.6. The van der Waals surface area contributed by atoms with Crippen LogP contribution in [0, 0.1) is 13.8 Å². The van der Waals surface area contributed by atoms with E-state index in [0.717, 1.165) is 29.1 Å². The van der Waals surface area contributed by atoms with Crippen LogP contribution < -0.4 is 0 Å². The average molecular weight is 347 g/mol. The summed E-state index contributed by atoms with van der Waals surface area (Å²) in [5.74, 6) is -1.52. The lowest BCUT2D eigenvalue weighted by Gasteiger charge is -2.13. The molecule has 0 N–H and O–H groups in total. The molecule has 8 heteroatoms. The lowest BCUT2D eigenvalue weighted by Crippen LogP contribution is -2.37. The molecule has 25 heavy (non-hydrogen) atoms. The summed E-state index contributed by atoms with van der Waals surface area (Å²) >= 11 is 0. The Bertz CT molecular complexity index is 763. The van der Waals surface area contributed by atoms with Gasteiger partial charge in [0.25, 0.3) is 5.91 Å². The maximum absolute atomic E-state index is 12.4. The monoisotopic (exact) mass is 347 g/mol. The summed E-state index contributed by atoms with van der Waals surface area (Å²) in [6, 6.07) is 1.74. The zero-order valence-electron chi connectivity index (χ0n) is 14.6. The number of esters is 1. The zero-order chi connectivity index (χ0) is 18.3. The van der Waals surface area contributed by atoms with E-state index in [-0.39, 0.29) is 12.3 Å². The molecule has 8 nitrogen and oxygen atoms in total. The van der Waals surface area contributed by atoms with Gasteiger partial charge in [0.1, 0.15) is 13.1 Å². The van der Waals surface area contributed by atoms with Crippen LogP contribution in [-0.4, -0.2) is 64.8 Å². The number of Topliss-reactive ketones (excluding diaryl/α,β-unsaturated/α-hetero) is 1. The molecular weight excluding hydrogens is 326 g/mol. The van der Waals surface area contributed by atoms with E-state index in [4.69, 9.17) is 4.74 Å². The fourth-order valence-corrected chi connectivity index (χ4v) is 3.18. The second-order valence-electron chi connectivity index (χ2n) is 6.59. The summed E-state index contributed by atoms with van der Waals surface area (Å²) < 4.78 is 7.12. The fraction of sp³-hybridized carbons (Fsp3) is 0.529.